The molecule has 0 radical (unpaired) electrons. The minimum absolute atomic E-state index is 0.00906. The Morgan fingerprint density at radius 1 is 1.12 bits per heavy atom. The van der Waals surface area contributed by atoms with Gasteiger partial charge in [0.25, 0.3) is 0 Å². The van der Waals surface area contributed by atoms with Crippen LogP contribution in [0.4, 0.5) is 10.5 Å². The molecule has 1 aliphatic rings. The molecule has 2 atom stereocenters. The summed E-state index contributed by atoms with van der Waals surface area (Å²) in [5, 5.41) is 5.47. The average Bonchev–Trinajstić information content (AvgIpc) is 2.83. The van der Waals surface area contributed by atoms with Crippen LogP contribution in [0.3, 0.4) is 0 Å². The summed E-state index contributed by atoms with van der Waals surface area (Å²) in [6.07, 6.45) is 3.38. The number of methoxy groups -OCH3 is 1. The quantitative estimate of drug-likeness (QED) is 0.631. The van der Waals surface area contributed by atoms with Gasteiger partial charge in [0.05, 0.1) is 13.7 Å². The van der Waals surface area contributed by atoms with Crippen molar-refractivity contribution in [1.82, 2.24) is 20.1 Å². The van der Waals surface area contributed by atoms with Gasteiger partial charge in [-0.15, -0.1) is 0 Å². The number of rotatable bonds is 6. The second kappa shape index (κ2) is 11.1. The first-order valence-electron chi connectivity index (χ1n) is 10.5. The zero-order valence-corrected chi connectivity index (χ0v) is 18.6. The minimum Gasteiger partial charge on any atom is -0.467 e. The molecule has 2 N–H and O–H groups in total. The van der Waals surface area contributed by atoms with Gasteiger partial charge in [0.1, 0.15) is 12.1 Å². The number of benzene rings is 1. The first-order valence-corrected chi connectivity index (χ1v) is 10.5. The Hall–Kier alpha value is -3.95. The van der Waals surface area contributed by atoms with Crippen molar-refractivity contribution in [2.24, 2.45) is 0 Å². The van der Waals surface area contributed by atoms with Gasteiger partial charge in [0, 0.05) is 44.5 Å². The molecule has 0 bridgehead atoms. The topological polar surface area (TPSA) is 121 Å². The summed E-state index contributed by atoms with van der Waals surface area (Å²) in [5.41, 5.74) is 1.36. The van der Waals surface area contributed by atoms with Crippen LogP contribution in [-0.2, 0) is 25.5 Å². The second-order valence-corrected chi connectivity index (χ2v) is 7.62. The number of esters is 1. The molecule has 2 aromatic rings. The van der Waals surface area contributed by atoms with E-state index in [1.54, 1.807) is 48.8 Å². The smallest absolute Gasteiger partial charge is 0.328 e. The number of hydrogen-bond acceptors (Lipinski definition) is 6. The molecule has 3 rings (SSSR count). The predicted octanol–water partition coefficient (Wildman–Crippen LogP) is 1.05. The lowest BCUT2D eigenvalue weighted by molar-refractivity contribution is -0.147. The molecule has 4 amide bonds. The van der Waals surface area contributed by atoms with Crippen molar-refractivity contribution >= 4 is 29.5 Å². The summed E-state index contributed by atoms with van der Waals surface area (Å²) in [6, 6.07) is 10.2. The monoisotopic (exact) mass is 453 g/mol. The van der Waals surface area contributed by atoms with Crippen molar-refractivity contribution < 1.29 is 23.9 Å². The number of carbonyl (C=O) groups excluding carboxylic acids is 4. The van der Waals surface area contributed by atoms with E-state index in [-0.39, 0.29) is 38.0 Å². The van der Waals surface area contributed by atoms with Crippen molar-refractivity contribution in [3.05, 3.63) is 60.4 Å². The summed E-state index contributed by atoms with van der Waals surface area (Å²) in [4.78, 5) is 57.3. The third-order valence-corrected chi connectivity index (χ3v) is 5.36. The van der Waals surface area contributed by atoms with Crippen molar-refractivity contribution in [2.45, 2.75) is 25.4 Å². The fourth-order valence-corrected chi connectivity index (χ4v) is 3.65. The summed E-state index contributed by atoms with van der Waals surface area (Å²) < 4.78 is 4.84. The van der Waals surface area contributed by atoms with Crippen LogP contribution in [0.5, 0.6) is 0 Å². The summed E-state index contributed by atoms with van der Waals surface area (Å²) in [5.74, 6) is -1.45. The van der Waals surface area contributed by atoms with Crippen LogP contribution < -0.4 is 10.6 Å². The maximum atomic E-state index is 13.2. The highest BCUT2D eigenvalue weighted by Crippen LogP contribution is 2.14. The van der Waals surface area contributed by atoms with Gasteiger partial charge in [-0.25, -0.2) is 9.59 Å². The van der Waals surface area contributed by atoms with Gasteiger partial charge < -0.3 is 25.2 Å². The number of piperazine rings is 1. The van der Waals surface area contributed by atoms with E-state index in [9.17, 15) is 19.2 Å². The number of nitrogens with one attached hydrogen (secondary N) is 2. The first-order chi connectivity index (χ1) is 15.9. The Morgan fingerprint density at radius 3 is 2.52 bits per heavy atom. The number of pyridine rings is 1. The Labute approximate surface area is 191 Å². The molecule has 1 aromatic carbocycles. The van der Waals surface area contributed by atoms with E-state index in [4.69, 9.17) is 4.74 Å². The SMILES string of the molecule is COC(=O)[C@@H](Cc1cccnc1)NC(=O)[C@H]1CN(C(=O)Nc2ccccc2)CCN1C(C)=O. The van der Waals surface area contributed by atoms with E-state index in [0.29, 0.717) is 5.69 Å². The Bertz CT molecular complexity index is 985. The number of aromatic nitrogens is 1. The molecule has 1 aliphatic heterocycles. The first kappa shape index (κ1) is 23.7. The van der Waals surface area contributed by atoms with E-state index in [1.165, 1.54) is 23.8 Å². The van der Waals surface area contributed by atoms with E-state index in [2.05, 4.69) is 15.6 Å². The lowest BCUT2D eigenvalue weighted by atomic mass is 10.1. The van der Waals surface area contributed by atoms with Gasteiger partial charge in [-0.1, -0.05) is 24.3 Å². The number of hydrogen-bond donors (Lipinski definition) is 2. The number of para-hydroxylation sites is 1. The Kier molecular flexibility index (Phi) is 7.96. The van der Waals surface area contributed by atoms with Crippen LogP contribution in [0, 0.1) is 0 Å². The summed E-state index contributed by atoms with van der Waals surface area (Å²) in [6.45, 7) is 1.83. The van der Waals surface area contributed by atoms with Crippen LogP contribution >= 0.6 is 0 Å². The molecule has 174 valence electrons. The van der Waals surface area contributed by atoms with Gasteiger partial charge in [-0.2, -0.15) is 0 Å². The molecule has 0 saturated carbocycles. The lowest BCUT2D eigenvalue weighted by Gasteiger charge is -2.40. The Balaban J connectivity index is 1.72. The minimum atomic E-state index is -0.964. The van der Waals surface area contributed by atoms with Gasteiger partial charge >= 0.3 is 12.0 Å². The molecule has 0 spiro atoms. The third kappa shape index (κ3) is 6.28. The average molecular weight is 453 g/mol. The summed E-state index contributed by atoms with van der Waals surface area (Å²) >= 11 is 0. The van der Waals surface area contributed by atoms with Gasteiger partial charge in [0.15, 0.2) is 0 Å². The maximum Gasteiger partial charge on any atom is 0.328 e. The van der Waals surface area contributed by atoms with E-state index in [1.807, 2.05) is 6.07 Å². The number of anilines is 1. The molecule has 10 heteroatoms. The van der Waals surface area contributed by atoms with E-state index in [0.717, 1.165) is 5.56 Å². The largest absolute Gasteiger partial charge is 0.467 e. The molecule has 1 saturated heterocycles. The van der Waals surface area contributed by atoms with Crippen molar-refractivity contribution in [2.75, 3.05) is 32.1 Å². The number of carbonyl (C=O) groups is 4. The van der Waals surface area contributed by atoms with E-state index >= 15 is 0 Å². The van der Waals surface area contributed by atoms with E-state index < -0.39 is 24.0 Å². The molecular weight excluding hydrogens is 426 g/mol. The van der Waals surface area contributed by atoms with Crippen LogP contribution in [0.25, 0.3) is 0 Å². The van der Waals surface area contributed by atoms with Crippen LogP contribution in [-0.4, -0.2) is 77.4 Å². The summed E-state index contributed by atoms with van der Waals surface area (Å²) in [7, 11) is 1.24. The highest BCUT2D eigenvalue weighted by Gasteiger charge is 2.37. The van der Waals surface area contributed by atoms with Crippen molar-refractivity contribution in [3.63, 3.8) is 0 Å². The molecule has 33 heavy (non-hydrogen) atoms. The maximum absolute atomic E-state index is 13.2. The molecule has 1 fully saturated rings. The standard InChI is InChI=1S/C23H27N5O5/c1-16(29)28-12-11-27(23(32)25-18-8-4-3-5-9-18)15-20(28)21(30)26-19(22(31)33-2)13-17-7-6-10-24-14-17/h3-10,14,19-20H,11-13,15H2,1-2H3,(H,25,32)(H,26,30)/t19-,20-/m1/s1. The predicted molar refractivity (Wildman–Crippen MR) is 120 cm³/mol. The zero-order valence-electron chi connectivity index (χ0n) is 18.6. The zero-order chi connectivity index (χ0) is 23.8. The van der Waals surface area contributed by atoms with Crippen molar-refractivity contribution in [1.29, 1.82) is 0 Å². The molecule has 10 nitrogen and oxygen atoms in total. The van der Waals surface area contributed by atoms with Crippen LogP contribution in [0.1, 0.15) is 12.5 Å². The Morgan fingerprint density at radius 2 is 1.88 bits per heavy atom. The number of nitrogens with zero attached hydrogens (tertiary/aromatic N) is 3. The highest BCUT2D eigenvalue weighted by molar-refractivity contribution is 5.93. The number of amides is 4. The van der Waals surface area contributed by atoms with Crippen molar-refractivity contribution in [3.8, 4) is 0 Å². The van der Waals surface area contributed by atoms with Gasteiger partial charge in [-0.3, -0.25) is 14.6 Å². The van der Waals surface area contributed by atoms with Crippen LogP contribution in [0.2, 0.25) is 0 Å². The van der Waals surface area contributed by atoms with Crippen LogP contribution in [0.15, 0.2) is 54.9 Å². The number of urea groups is 1. The third-order valence-electron chi connectivity index (χ3n) is 5.36. The fourth-order valence-electron chi connectivity index (χ4n) is 3.65. The molecular formula is C23H27N5O5. The second-order valence-electron chi connectivity index (χ2n) is 7.62. The number of ether oxygens (including phenoxy) is 1. The molecule has 0 unspecified atom stereocenters. The fraction of sp³-hybridized carbons (Fsp3) is 0.348. The lowest BCUT2D eigenvalue weighted by Crippen LogP contribution is -2.63. The normalized spacial score (nSPS) is 16.5. The highest BCUT2D eigenvalue weighted by atomic mass is 16.5. The van der Waals surface area contributed by atoms with Gasteiger partial charge in [0.2, 0.25) is 11.8 Å². The molecule has 2 heterocycles. The molecule has 1 aromatic heterocycles. The van der Waals surface area contributed by atoms with Gasteiger partial charge in [-0.05, 0) is 23.8 Å². The molecule has 0 aliphatic carbocycles.